The maximum atomic E-state index is 8.97. The molecule has 1 heterocycles. The molecule has 0 radical (unpaired) electrons. The van der Waals surface area contributed by atoms with Gasteiger partial charge in [-0.1, -0.05) is 19.9 Å². The van der Waals surface area contributed by atoms with E-state index >= 15 is 0 Å². The van der Waals surface area contributed by atoms with Crippen LogP contribution in [0.2, 0.25) is 0 Å². The quantitative estimate of drug-likeness (QED) is 0.770. The molecule has 3 heteroatoms. The van der Waals surface area contributed by atoms with Crippen molar-refractivity contribution in [3.8, 4) is 0 Å². The third-order valence-corrected chi connectivity index (χ3v) is 2.17. The van der Waals surface area contributed by atoms with Gasteiger partial charge in [-0.2, -0.15) is 0 Å². The summed E-state index contributed by atoms with van der Waals surface area (Å²) in [5.74, 6) is 0.619. The van der Waals surface area contributed by atoms with Crippen LogP contribution in [0.3, 0.4) is 0 Å². The number of aliphatic hydroxyl groups is 1. The molecular weight excluding hydrogens is 188 g/mol. The van der Waals surface area contributed by atoms with E-state index in [0.717, 1.165) is 19.6 Å². The second-order valence-electron chi connectivity index (χ2n) is 4.21. The molecule has 1 rings (SSSR count). The van der Waals surface area contributed by atoms with Gasteiger partial charge in [-0.15, -0.1) is 0 Å². The van der Waals surface area contributed by atoms with Crippen molar-refractivity contribution in [1.29, 1.82) is 0 Å². The van der Waals surface area contributed by atoms with Gasteiger partial charge in [-0.05, 0) is 17.5 Å². The fourth-order valence-electron chi connectivity index (χ4n) is 1.64. The zero-order chi connectivity index (χ0) is 11.1. The molecule has 0 aliphatic rings. The zero-order valence-corrected chi connectivity index (χ0v) is 9.56. The Balaban J connectivity index is 2.50. The van der Waals surface area contributed by atoms with E-state index in [2.05, 4.69) is 29.8 Å². The van der Waals surface area contributed by atoms with Crippen molar-refractivity contribution in [2.45, 2.75) is 20.4 Å². The lowest BCUT2D eigenvalue weighted by atomic mass is 10.2. The third kappa shape index (κ3) is 4.91. The van der Waals surface area contributed by atoms with Crippen molar-refractivity contribution in [2.75, 3.05) is 19.7 Å². The van der Waals surface area contributed by atoms with E-state index in [-0.39, 0.29) is 6.61 Å². The van der Waals surface area contributed by atoms with E-state index in [1.165, 1.54) is 5.56 Å². The summed E-state index contributed by atoms with van der Waals surface area (Å²) in [7, 11) is 0. The normalized spacial score (nSPS) is 11.3. The van der Waals surface area contributed by atoms with Gasteiger partial charge >= 0.3 is 0 Å². The first-order valence-electron chi connectivity index (χ1n) is 5.44. The number of rotatable bonds is 6. The average molecular weight is 208 g/mol. The van der Waals surface area contributed by atoms with Crippen molar-refractivity contribution in [3.63, 3.8) is 0 Å². The summed E-state index contributed by atoms with van der Waals surface area (Å²) in [6.07, 6.45) is 3.66. The minimum absolute atomic E-state index is 0.215. The number of hydrogen-bond donors (Lipinski definition) is 1. The molecule has 0 aliphatic heterocycles. The predicted molar refractivity (Wildman–Crippen MR) is 61.4 cm³/mol. The molecule has 0 bridgehead atoms. The molecule has 0 amide bonds. The van der Waals surface area contributed by atoms with E-state index < -0.39 is 0 Å². The Morgan fingerprint density at radius 2 is 2.27 bits per heavy atom. The molecule has 1 aromatic rings. The second-order valence-corrected chi connectivity index (χ2v) is 4.21. The zero-order valence-electron chi connectivity index (χ0n) is 9.56. The lowest BCUT2D eigenvalue weighted by molar-refractivity contribution is 0.175. The van der Waals surface area contributed by atoms with E-state index in [9.17, 15) is 0 Å². The van der Waals surface area contributed by atoms with Crippen LogP contribution in [0.25, 0.3) is 0 Å². The Morgan fingerprint density at radius 1 is 1.47 bits per heavy atom. The van der Waals surface area contributed by atoms with Gasteiger partial charge in [0.1, 0.15) is 0 Å². The van der Waals surface area contributed by atoms with Crippen molar-refractivity contribution in [1.82, 2.24) is 9.88 Å². The van der Waals surface area contributed by atoms with Gasteiger partial charge in [0.25, 0.3) is 0 Å². The summed E-state index contributed by atoms with van der Waals surface area (Å²) in [4.78, 5) is 6.34. The number of aliphatic hydroxyl groups excluding tert-OH is 1. The van der Waals surface area contributed by atoms with E-state index in [0.29, 0.717) is 5.92 Å². The van der Waals surface area contributed by atoms with E-state index in [4.69, 9.17) is 5.11 Å². The lowest BCUT2D eigenvalue weighted by Crippen LogP contribution is -2.30. The monoisotopic (exact) mass is 208 g/mol. The van der Waals surface area contributed by atoms with Crippen LogP contribution >= 0.6 is 0 Å². The van der Waals surface area contributed by atoms with Crippen LogP contribution < -0.4 is 0 Å². The summed E-state index contributed by atoms with van der Waals surface area (Å²) < 4.78 is 0. The van der Waals surface area contributed by atoms with Crippen LogP contribution in [0.5, 0.6) is 0 Å². The molecule has 3 nitrogen and oxygen atoms in total. The summed E-state index contributed by atoms with van der Waals surface area (Å²) in [5, 5.41) is 8.97. The van der Waals surface area contributed by atoms with Gasteiger partial charge < -0.3 is 5.11 Å². The molecule has 0 atom stereocenters. The maximum Gasteiger partial charge on any atom is 0.0558 e. The summed E-state index contributed by atoms with van der Waals surface area (Å²) in [5.41, 5.74) is 1.20. The fraction of sp³-hybridized carbons (Fsp3) is 0.583. The van der Waals surface area contributed by atoms with Crippen LogP contribution in [0.4, 0.5) is 0 Å². The van der Waals surface area contributed by atoms with Gasteiger partial charge in [-0.3, -0.25) is 9.88 Å². The first kappa shape index (κ1) is 12.1. The molecule has 15 heavy (non-hydrogen) atoms. The van der Waals surface area contributed by atoms with Gasteiger partial charge in [0.05, 0.1) is 6.61 Å². The van der Waals surface area contributed by atoms with Gasteiger partial charge in [0.2, 0.25) is 0 Å². The van der Waals surface area contributed by atoms with Gasteiger partial charge in [0.15, 0.2) is 0 Å². The molecule has 0 saturated carbocycles. The standard InChI is InChI=1S/C12H20N2O/c1-11(2)9-14(6-7-15)10-12-4-3-5-13-8-12/h3-5,8,11,15H,6-7,9-10H2,1-2H3. The number of pyridine rings is 1. The van der Waals surface area contributed by atoms with Gasteiger partial charge in [-0.25, -0.2) is 0 Å². The first-order chi connectivity index (χ1) is 7.22. The number of hydrogen-bond acceptors (Lipinski definition) is 3. The highest BCUT2D eigenvalue weighted by Crippen LogP contribution is 2.05. The fourth-order valence-corrected chi connectivity index (χ4v) is 1.64. The Morgan fingerprint density at radius 3 is 2.80 bits per heavy atom. The Bertz CT molecular complexity index is 262. The summed E-state index contributed by atoms with van der Waals surface area (Å²) >= 11 is 0. The number of aromatic nitrogens is 1. The molecule has 1 N–H and O–H groups in total. The SMILES string of the molecule is CC(C)CN(CCO)Cc1cccnc1. The highest BCUT2D eigenvalue weighted by atomic mass is 16.3. The van der Waals surface area contributed by atoms with Crippen LogP contribution in [-0.4, -0.2) is 34.7 Å². The maximum absolute atomic E-state index is 8.97. The Hall–Kier alpha value is -0.930. The summed E-state index contributed by atoms with van der Waals surface area (Å²) in [6.45, 7) is 7.20. The molecule has 0 spiro atoms. The molecule has 1 aromatic heterocycles. The highest BCUT2D eigenvalue weighted by Gasteiger charge is 2.07. The van der Waals surface area contributed by atoms with E-state index in [1.807, 2.05) is 12.3 Å². The summed E-state index contributed by atoms with van der Waals surface area (Å²) in [6, 6.07) is 4.01. The smallest absolute Gasteiger partial charge is 0.0558 e. The van der Waals surface area contributed by atoms with Crippen molar-refractivity contribution in [2.24, 2.45) is 5.92 Å². The molecule has 0 aromatic carbocycles. The second kappa shape index (κ2) is 6.53. The Labute approximate surface area is 91.8 Å². The molecule has 0 unspecified atom stereocenters. The topological polar surface area (TPSA) is 36.4 Å². The predicted octanol–water partition coefficient (Wildman–Crippen LogP) is 1.53. The first-order valence-corrected chi connectivity index (χ1v) is 5.44. The lowest BCUT2D eigenvalue weighted by Gasteiger charge is -2.23. The largest absolute Gasteiger partial charge is 0.395 e. The van der Waals surface area contributed by atoms with Crippen molar-refractivity contribution < 1.29 is 5.11 Å². The number of nitrogens with zero attached hydrogens (tertiary/aromatic N) is 2. The molecule has 0 saturated heterocycles. The molecule has 0 aliphatic carbocycles. The highest BCUT2D eigenvalue weighted by molar-refractivity contribution is 5.08. The Kier molecular flexibility index (Phi) is 5.29. The molecule has 84 valence electrons. The molecular formula is C12H20N2O. The van der Waals surface area contributed by atoms with E-state index in [1.54, 1.807) is 6.20 Å². The third-order valence-electron chi connectivity index (χ3n) is 2.17. The van der Waals surface area contributed by atoms with Crippen molar-refractivity contribution in [3.05, 3.63) is 30.1 Å². The minimum Gasteiger partial charge on any atom is -0.395 e. The average Bonchev–Trinajstić information content (AvgIpc) is 2.18. The van der Waals surface area contributed by atoms with Crippen LogP contribution in [0, 0.1) is 5.92 Å². The molecule has 0 fully saturated rings. The van der Waals surface area contributed by atoms with Gasteiger partial charge in [0, 0.05) is 32.0 Å². The van der Waals surface area contributed by atoms with Crippen molar-refractivity contribution >= 4 is 0 Å². The minimum atomic E-state index is 0.215. The van der Waals surface area contributed by atoms with Crippen LogP contribution in [-0.2, 0) is 6.54 Å². The van der Waals surface area contributed by atoms with Crippen LogP contribution in [0.15, 0.2) is 24.5 Å². The van der Waals surface area contributed by atoms with Crippen LogP contribution in [0.1, 0.15) is 19.4 Å².